The molecule has 1 N–H and O–H groups in total. The van der Waals surface area contributed by atoms with Crippen LogP contribution in [0.3, 0.4) is 0 Å². The fourth-order valence-electron chi connectivity index (χ4n) is 1.99. The van der Waals surface area contributed by atoms with Gasteiger partial charge >= 0.3 is 0 Å². The van der Waals surface area contributed by atoms with Crippen molar-refractivity contribution in [2.24, 2.45) is 0 Å². The van der Waals surface area contributed by atoms with Gasteiger partial charge < -0.3 is 10.1 Å². The third-order valence-corrected chi connectivity index (χ3v) is 5.86. The zero-order valence-electron chi connectivity index (χ0n) is 10.5. The van der Waals surface area contributed by atoms with E-state index in [1.807, 2.05) is 19.4 Å². The van der Waals surface area contributed by atoms with Crippen LogP contribution >= 0.6 is 11.3 Å². The molecule has 1 fully saturated rings. The van der Waals surface area contributed by atoms with E-state index in [1.54, 1.807) is 6.07 Å². The molecule has 1 aliphatic rings. The molecule has 2 heterocycles. The van der Waals surface area contributed by atoms with Crippen molar-refractivity contribution in [1.29, 1.82) is 0 Å². The molecule has 1 aromatic heterocycles. The van der Waals surface area contributed by atoms with E-state index in [0.717, 1.165) is 4.88 Å². The summed E-state index contributed by atoms with van der Waals surface area (Å²) in [6.45, 7) is 3.79. The second kappa shape index (κ2) is 5.66. The monoisotopic (exact) mass is 290 g/mol. The van der Waals surface area contributed by atoms with Crippen molar-refractivity contribution in [2.75, 3.05) is 26.7 Å². The third-order valence-electron chi connectivity index (χ3n) is 2.86. The van der Waals surface area contributed by atoms with E-state index in [1.165, 1.54) is 15.6 Å². The summed E-state index contributed by atoms with van der Waals surface area (Å²) in [5.41, 5.74) is 0. The molecule has 2 rings (SSSR count). The third kappa shape index (κ3) is 2.75. The number of sulfonamides is 1. The highest BCUT2D eigenvalue weighted by molar-refractivity contribution is 7.89. The molecule has 0 saturated carbocycles. The zero-order valence-corrected chi connectivity index (χ0v) is 12.2. The lowest BCUT2D eigenvalue weighted by Gasteiger charge is -2.30. The Morgan fingerprint density at radius 1 is 1.61 bits per heavy atom. The molecule has 0 aliphatic carbocycles. The van der Waals surface area contributed by atoms with Crippen LogP contribution in [0.4, 0.5) is 0 Å². The molecule has 1 unspecified atom stereocenters. The van der Waals surface area contributed by atoms with E-state index >= 15 is 0 Å². The van der Waals surface area contributed by atoms with Gasteiger partial charge in [-0.05, 0) is 25.4 Å². The van der Waals surface area contributed by atoms with Crippen molar-refractivity contribution in [2.45, 2.75) is 24.5 Å². The van der Waals surface area contributed by atoms with Gasteiger partial charge in [-0.1, -0.05) is 0 Å². The molecule has 1 aromatic rings. The molecule has 102 valence electrons. The van der Waals surface area contributed by atoms with Crippen molar-refractivity contribution in [3.63, 3.8) is 0 Å². The number of hydrogen-bond donors (Lipinski definition) is 1. The van der Waals surface area contributed by atoms with Crippen LogP contribution in [-0.2, 0) is 21.3 Å². The van der Waals surface area contributed by atoms with Gasteiger partial charge in [0, 0.05) is 24.5 Å². The van der Waals surface area contributed by atoms with Crippen LogP contribution in [0.25, 0.3) is 0 Å². The van der Waals surface area contributed by atoms with E-state index in [4.69, 9.17) is 4.74 Å². The molecule has 0 spiro atoms. The van der Waals surface area contributed by atoms with Gasteiger partial charge in [0.05, 0.1) is 17.6 Å². The topological polar surface area (TPSA) is 58.6 Å². The molecule has 7 heteroatoms. The van der Waals surface area contributed by atoms with E-state index < -0.39 is 10.0 Å². The molecule has 0 amide bonds. The lowest BCUT2D eigenvalue weighted by molar-refractivity contribution is 0.0102. The van der Waals surface area contributed by atoms with Crippen LogP contribution in [0.15, 0.2) is 16.3 Å². The van der Waals surface area contributed by atoms with Gasteiger partial charge in [-0.25, -0.2) is 8.42 Å². The minimum absolute atomic E-state index is 0.0417. The summed E-state index contributed by atoms with van der Waals surface area (Å²) in [6, 6.07) is 1.69. The van der Waals surface area contributed by atoms with E-state index in [2.05, 4.69) is 5.32 Å². The van der Waals surface area contributed by atoms with Crippen LogP contribution in [0.2, 0.25) is 0 Å². The largest absolute Gasteiger partial charge is 0.376 e. The Morgan fingerprint density at radius 3 is 3.06 bits per heavy atom. The average Bonchev–Trinajstić information content (AvgIpc) is 2.78. The molecule has 5 nitrogen and oxygen atoms in total. The minimum atomic E-state index is -3.38. The summed E-state index contributed by atoms with van der Waals surface area (Å²) in [4.78, 5) is 1.28. The van der Waals surface area contributed by atoms with Gasteiger partial charge in [0.25, 0.3) is 0 Å². The highest BCUT2D eigenvalue weighted by atomic mass is 32.2. The fraction of sp³-hybridized carbons (Fsp3) is 0.636. The normalized spacial score (nSPS) is 22.2. The van der Waals surface area contributed by atoms with Crippen molar-refractivity contribution >= 4 is 21.4 Å². The Morgan fingerprint density at radius 2 is 2.39 bits per heavy atom. The molecule has 0 aromatic carbocycles. The predicted molar refractivity (Wildman–Crippen MR) is 71.3 cm³/mol. The molecule has 1 atom stereocenters. The maximum Gasteiger partial charge on any atom is 0.244 e. The second-order valence-corrected chi connectivity index (χ2v) is 7.19. The summed E-state index contributed by atoms with van der Waals surface area (Å²) in [5, 5.41) is 4.82. The first kappa shape index (κ1) is 14.0. The quantitative estimate of drug-likeness (QED) is 0.894. The van der Waals surface area contributed by atoms with Crippen molar-refractivity contribution in [3.05, 3.63) is 16.3 Å². The highest BCUT2D eigenvalue weighted by Crippen LogP contribution is 2.26. The number of hydrogen-bond acceptors (Lipinski definition) is 5. The number of rotatable bonds is 4. The van der Waals surface area contributed by atoms with Crippen molar-refractivity contribution in [3.8, 4) is 0 Å². The molecule has 1 saturated heterocycles. The molecular weight excluding hydrogens is 272 g/mol. The lowest BCUT2D eigenvalue weighted by Crippen LogP contribution is -2.44. The number of thiophene rings is 1. The smallest absolute Gasteiger partial charge is 0.244 e. The molecular formula is C11H18N2O3S2. The number of nitrogens with zero attached hydrogens (tertiary/aromatic N) is 1. The van der Waals surface area contributed by atoms with Gasteiger partial charge in [0.15, 0.2) is 0 Å². The van der Waals surface area contributed by atoms with Crippen molar-refractivity contribution < 1.29 is 13.2 Å². The Bertz CT molecular complexity index is 498. The maximum absolute atomic E-state index is 12.5. The summed E-state index contributed by atoms with van der Waals surface area (Å²) in [6.07, 6.45) is -0.0417. The summed E-state index contributed by atoms with van der Waals surface area (Å²) < 4.78 is 32.0. The van der Waals surface area contributed by atoms with Crippen LogP contribution in [0.5, 0.6) is 0 Å². The van der Waals surface area contributed by atoms with Gasteiger partial charge in [-0.3, -0.25) is 0 Å². The van der Waals surface area contributed by atoms with Gasteiger partial charge in [-0.15, -0.1) is 11.3 Å². The van der Waals surface area contributed by atoms with Crippen LogP contribution in [0.1, 0.15) is 11.8 Å². The summed E-state index contributed by atoms with van der Waals surface area (Å²) in [5.74, 6) is 0. The van der Waals surface area contributed by atoms with Crippen LogP contribution in [0, 0.1) is 0 Å². The van der Waals surface area contributed by atoms with Crippen LogP contribution in [-0.4, -0.2) is 45.6 Å². The molecule has 0 radical (unpaired) electrons. The van der Waals surface area contributed by atoms with Crippen molar-refractivity contribution in [1.82, 2.24) is 9.62 Å². The average molecular weight is 290 g/mol. The van der Waals surface area contributed by atoms with Crippen LogP contribution < -0.4 is 5.32 Å². The Labute approximate surface area is 112 Å². The molecule has 18 heavy (non-hydrogen) atoms. The first-order chi connectivity index (χ1) is 8.55. The Hall–Kier alpha value is -0.470. The standard InChI is InChI=1S/C11H18N2O3S2/c1-9-8-13(4-5-16-9)18(14,15)11-3-6-17-10(11)7-12-2/h3,6,9,12H,4-5,7-8H2,1-2H3. The minimum Gasteiger partial charge on any atom is -0.376 e. The van der Waals surface area contributed by atoms with E-state index in [9.17, 15) is 8.42 Å². The summed E-state index contributed by atoms with van der Waals surface area (Å²) in [7, 11) is -1.57. The second-order valence-electron chi connectivity index (χ2n) is 4.28. The number of morpholine rings is 1. The molecule has 1 aliphatic heterocycles. The maximum atomic E-state index is 12.5. The highest BCUT2D eigenvalue weighted by Gasteiger charge is 2.31. The first-order valence-electron chi connectivity index (χ1n) is 5.88. The predicted octanol–water partition coefficient (Wildman–Crippen LogP) is 0.877. The van der Waals surface area contributed by atoms with E-state index in [-0.39, 0.29) is 6.10 Å². The number of ether oxygens (including phenoxy) is 1. The SMILES string of the molecule is CNCc1sccc1S(=O)(=O)N1CCOC(C)C1. The Balaban J connectivity index is 2.26. The van der Waals surface area contributed by atoms with Gasteiger partial charge in [0.2, 0.25) is 10.0 Å². The van der Waals surface area contributed by atoms with Gasteiger partial charge in [-0.2, -0.15) is 4.31 Å². The first-order valence-corrected chi connectivity index (χ1v) is 8.20. The molecule has 0 bridgehead atoms. The lowest BCUT2D eigenvalue weighted by atomic mass is 10.3. The number of nitrogens with one attached hydrogen (secondary N) is 1. The van der Waals surface area contributed by atoms with Gasteiger partial charge in [0.1, 0.15) is 0 Å². The summed E-state index contributed by atoms with van der Waals surface area (Å²) >= 11 is 1.47. The zero-order chi connectivity index (χ0) is 13.2. The van der Waals surface area contributed by atoms with E-state index in [0.29, 0.717) is 31.1 Å². The fourth-order valence-corrected chi connectivity index (χ4v) is 4.92. The Kier molecular flexibility index (Phi) is 4.39.